The van der Waals surface area contributed by atoms with E-state index in [9.17, 15) is 9.59 Å². The van der Waals surface area contributed by atoms with E-state index < -0.39 is 0 Å². The zero-order valence-electron chi connectivity index (χ0n) is 13.0. The Kier molecular flexibility index (Phi) is 4.42. The molecule has 0 heterocycles. The van der Waals surface area contributed by atoms with Crippen LogP contribution in [0.1, 0.15) is 13.3 Å². The molecule has 23 heavy (non-hydrogen) atoms. The van der Waals surface area contributed by atoms with Crippen LogP contribution in [0.3, 0.4) is 0 Å². The highest BCUT2D eigenvalue weighted by atomic mass is 16.5. The van der Waals surface area contributed by atoms with Crippen LogP contribution in [0.5, 0.6) is 0 Å². The summed E-state index contributed by atoms with van der Waals surface area (Å²) < 4.78 is 5.06. The van der Waals surface area contributed by atoms with Gasteiger partial charge in [0.1, 0.15) is 0 Å². The third-order valence-corrected chi connectivity index (χ3v) is 4.04. The molecule has 1 fully saturated rings. The maximum atomic E-state index is 12.0. The van der Waals surface area contributed by atoms with E-state index in [4.69, 9.17) is 4.74 Å². The topological polar surface area (TPSA) is 55.4 Å². The van der Waals surface area contributed by atoms with Crippen molar-refractivity contribution in [1.82, 2.24) is 0 Å². The van der Waals surface area contributed by atoms with Crippen LogP contribution in [0.25, 0.3) is 11.1 Å². The van der Waals surface area contributed by atoms with Crippen LogP contribution in [0.4, 0.5) is 5.69 Å². The molecule has 1 saturated carbocycles. The molecule has 0 saturated heterocycles. The number of rotatable bonds is 5. The van der Waals surface area contributed by atoms with Crippen LogP contribution in [0.15, 0.2) is 54.6 Å². The van der Waals surface area contributed by atoms with Gasteiger partial charge in [0.25, 0.3) is 5.91 Å². The molecular formula is C19H19NO3. The van der Waals surface area contributed by atoms with Crippen molar-refractivity contribution < 1.29 is 14.3 Å². The minimum Gasteiger partial charge on any atom is -0.455 e. The van der Waals surface area contributed by atoms with Gasteiger partial charge in [0.05, 0.1) is 5.92 Å². The Morgan fingerprint density at radius 3 is 2.43 bits per heavy atom. The van der Waals surface area contributed by atoms with E-state index in [1.165, 1.54) is 0 Å². The second-order valence-corrected chi connectivity index (χ2v) is 5.89. The van der Waals surface area contributed by atoms with Gasteiger partial charge in [-0.3, -0.25) is 9.59 Å². The van der Waals surface area contributed by atoms with Crippen molar-refractivity contribution in [2.75, 3.05) is 11.9 Å². The van der Waals surface area contributed by atoms with E-state index in [2.05, 4.69) is 5.32 Å². The third kappa shape index (κ3) is 3.77. The molecule has 118 valence electrons. The van der Waals surface area contributed by atoms with Crippen molar-refractivity contribution >= 4 is 17.6 Å². The number of para-hydroxylation sites is 1. The van der Waals surface area contributed by atoms with Crippen LogP contribution < -0.4 is 5.32 Å². The average Bonchev–Trinajstić information content (AvgIpc) is 3.31. The molecule has 0 aliphatic heterocycles. The third-order valence-electron chi connectivity index (χ3n) is 4.04. The quantitative estimate of drug-likeness (QED) is 0.860. The number of hydrogen-bond donors (Lipinski definition) is 1. The largest absolute Gasteiger partial charge is 0.455 e. The van der Waals surface area contributed by atoms with Gasteiger partial charge in [-0.15, -0.1) is 0 Å². The van der Waals surface area contributed by atoms with Gasteiger partial charge in [0, 0.05) is 11.3 Å². The fourth-order valence-corrected chi connectivity index (χ4v) is 2.54. The number of hydrogen-bond acceptors (Lipinski definition) is 3. The molecule has 1 aliphatic rings. The SMILES string of the molecule is C[C@H]1C[C@@H]1C(=O)OCC(=O)Nc1ccccc1-c1ccccc1. The molecule has 0 bridgehead atoms. The molecule has 1 amide bonds. The summed E-state index contributed by atoms with van der Waals surface area (Å²) in [5.74, 6) is -0.247. The fraction of sp³-hybridized carbons (Fsp3) is 0.263. The van der Waals surface area contributed by atoms with Gasteiger partial charge in [0.2, 0.25) is 0 Å². The summed E-state index contributed by atoms with van der Waals surface area (Å²) in [6.07, 6.45) is 0.858. The van der Waals surface area contributed by atoms with Crippen LogP contribution in [0, 0.1) is 11.8 Å². The van der Waals surface area contributed by atoms with E-state index in [0.717, 1.165) is 17.5 Å². The molecule has 0 aromatic heterocycles. The van der Waals surface area contributed by atoms with E-state index in [1.54, 1.807) is 0 Å². The molecule has 2 atom stereocenters. The average molecular weight is 309 g/mol. The number of anilines is 1. The van der Waals surface area contributed by atoms with Gasteiger partial charge >= 0.3 is 5.97 Å². The second-order valence-electron chi connectivity index (χ2n) is 5.89. The van der Waals surface area contributed by atoms with Crippen molar-refractivity contribution in [2.24, 2.45) is 11.8 Å². The summed E-state index contributed by atoms with van der Waals surface area (Å²) in [4.78, 5) is 23.7. The first-order valence-electron chi connectivity index (χ1n) is 7.76. The normalized spacial score (nSPS) is 19.0. The number of benzene rings is 2. The second kappa shape index (κ2) is 6.65. The van der Waals surface area contributed by atoms with Gasteiger partial charge in [-0.05, 0) is 24.0 Å². The Balaban J connectivity index is 1.64. The minimum absolute atomic E-state index is 0.0283. The van der Waals surface area contributed by atoms with Gasteiger partial charge in [-0.25, -0.2) is 0 Å². The van der Waals surface area contributed by atoms with Gasteiger partial charge in [0.15, 0.2) is 6.61 Å². The predicted octanol–water partition coefficient (Wildman–Crippen LogP) is 3.49. The van der Waals surface area contributed by atoms with E-state index in [-0.39, 0.29) is 24.4 Å². The Morgan fingerprint density at radius 2 is 1.74 bits per heavy atom. The van der Waals surface area contributed by atoms with Gasteiger partial charge < -0.3 is 10.1 Å². The maximum Gasteiger partial charge on any atom is 0.309 e. The summed E-state index contributed by atoms with van der Waals surface area (Å²) >= 11 is 0. The highest BCUT2D eigenvalue weighted by Crippen LogP contribution is 2.38. The lowest BCUT2D eigenvalue weighted by molar-refractivity contribution is -0.148. The first kappa shape index (κ1) is 15.3. The Labute approximate surface area is 135 Å². The highest BCUT2D eigenvalue weighted by Gasteiger charge is 2.40. The molecule has 1 aliphatic carbocycles. The van der Waals surface area contributed by atoms with Crippen molar-refractivity contribution in [2.45, 2.75) is 13.3 Å². The summed E-state index contributed by atoms with van der Waals surface area (Å²) in [5, 5.41) is 2.82. The minimum atomic E-state index is -0.324. The highest BCUT2D eigenvalue weighted by molar-refractivity contribution is 5.97. The monoisotopic (exact) mass is 309 g/mol. The molecular weight excluding hydrogens is 290 g/mol. The molecule has 3 rings (SSSR count). The van der Waals surface area contributed by atoms with E-state index in [1.807, 2.05) is 61.5 Å². The molecule has 1 N–H and O–H groups in total. The van der Waals surface area contributed by atoms with Crippen LogP contribution in [0.2, 0.25) is 0 Å². The fourth-order valence-electron chi connectivity index (χ4n) is 2.54. The molecule has 0 unspecified atom stereocenters. The number of amides is 1. The Hall–Kier alpha value is -2.62. The summed E-state index contributed by atoms with van der Waals surface area (Å²) in [7, 11) is 0. The number of nitrogens with one attached hydrogen (secondary N) is 1. The van der Waals surface area contributed by atoms with Gasteiger partial charge in [-0.1, -0.05) is 55.5 Å². The lowest BCUT2D eigenvalue weighted by Gasteiger charge is -2.11. The Bertz CT molecular complexity index is 712. The zero-order chi connectivity index (χ0) is 16.2. The summed E-state index contributed by atoms with van der Waals surface area (Å²) in [6.45, 7) is 1.76. The lowest BCUT2D eigenvalue weighted by Crippen LogP contribution is -2.22. The zero-order valence-corrected chi connectivity index (χ0v) is 13.0. The van der Waals surface area contributed by atoms with E-state index >= 15 is 0 Å². The molecule has 0 radical (unpaired) electrons. The first-order valence-corrected chi connectivity index (χ1v) is 7.76. The standard InChI is InChI=1S/C19H19NO3/c1-13-11-16(13)19(22)23-12-18(21)20-17-10-6-5-9-15(17)14-7-3-2-4-8-14/h2-10,13,16H,11-12H2,1H3,(H,20,21)/t13-,16-/m0/s1. The lowest BCUT2D eigenvalue weighted by atomic mass is 10.0. The first-order chi connectivity index (χ1) is 11.1. The predicted molar refractivity (Wildman–Crippen MR) is 88.7 cm³/mol. The summed E-state index contributed by atoms with van der Waals surface area (Å²) in [6, 6.07) is 17.4. The maximum absolute atomic E-state index is 12.0. The van der Waals surface area contributed by atoms with Crippen molar-refractivity contribution in [3.8, 4) is 11.1 Å². The molecule has 2 aromatic rings. The molecule has 0 spiro atoms. The smallest absolute Gasteiger partial charge is 0.309 e. The molecule has 4 heteroatoms. The summed E-state index contributed by atoms with van der Waals surface area (Å²) in [5.41, 5.74) is 2.66. The van der Waals surface area contributed by atoms with E-state index in [0.29, 0.717) is 11.6 Å². The van der Waals surface area contributed by atoms with Crippen LogP contribution in [-0.2, 0) is 14.3 Å². The molecule has 2 aromatic carbocycles. The van der Waals surface area contributed by atoms with Crippen molar-refractivity contribution in [1.29, 1.82) is 0 Å². The number of esters is 1. The Morgan fingerprint density at radius 1 is 1.09 bits per heavy atom. The van der Waals surface area contributed by atoms with Crippen LogP contribution in [-0.4, -0.2) is 18.5 Å². The van der Waals surface area contributed by atoms with Crippen molar-refractivity contribution in [3.05, 3.63) is 54.6 Å². The number of carbonyl (C=O) groups excluding carboxylic acids is 2. The van der Waals surface area contributed by atoms with Gasteiger partial charge in [-0.2, -0.15) is 0 Å². The number of carbonyl (C=O) groups is 2. The number of ether oxygens (including phenoxy) is 1. The molecule has 4 nitrogen and oxygen atoms in total. The van der Waals surface area contributed by atoms with Crippen LogP contribution >= 0.6 is 0 Å². The van der Waals surface area contributed by atoms with Crippen molar-refractivity contribution in [3.63, 3.8) is 0 Å².